The van der Waals surface area contributed by atoms with E-state index in [1.54, 1.807) is 0 Å². The molecule has 4 heteroatoms. The van der Waals surface area contributed by atoms with Crippen LogP contribution in [0.15, 0.2) is 24.3 Å². The minimum atomic E-state index is -0.422. The highest BCUT2D eigenvalue weighted by Crippen LogP contribution is 2.28. The fraction of sp³-hybridized carbons (Fsp3) is 0.467. The topological polar surface area (TPSA) is 51.3 Å². The highest BCUT2D eigenvalue weighted by molar-refractivity contribution is 5.84. The Morgan fingerprint density at radius 2 is 2.00 bits per heavy atom. The van der Waals surface area contributed by atoms with Crippen LogP contribution in [0, 0.1) is 6.92 Å². The van der Waals surface area contributed by atoms with E-state index in [0.717, 1.165) is 48.3 Å². The van der Waals surface area contributed by atoms with E-state index in [1.165, 1.54) is 0 Å². The summed E-state index contributed by atoms with van der Waals surface area (Å²) in [6, 6.07) is 8.18. The molecule has 1 aromatic heterocycles. The van der Waals surface area contributed by atoms with Crippen LogP contribution < -0.4 is 5.32 Å². The maximum Gasteiger partial charge on any atom is 0.0940 e. The third kappa shape index (κ3) is 2.52. The molecule has 1 aliphatic heterocycles. The van der Waals surface area contributed by atoms with Gasteiger partial charge in [0.15, 0.2) is 0 Å². The minimum absolute atomic E-state index is 0.422. The number of aliphatic hydroxyl groups excluding tert-OH is 1. The van der Waals surface area contributed by atoms with Crippen LogP contribution in [-0.4, -0.2) is 47.7 Å². The van der Waals surface area contributed by atoms with Crippen LogP contribution in [0.25, 0.3) is 10.9 Å². The number of para-hydroxylation sites is 1. The van der Waals surface area contributed by atoms with Gasteiger partial charge in [0.1, 0.15) is 0 Å². The molecule has 19 heavy (non-hydrogen) atoms. The Morgan fingerprint density at radius 1 is 1.26 bits per heavy atom. The van der Waals surface area contributed by atoms with Gasteiger partial charge < -0.3 is 15.4 Å². The second kappa shape index (κ2) is 5.33. The number of β-amino-alcohol motifs (C(OH)–C–C–N with tert-alkyl or cyclic N) is 1. The number of aryl methyl sites for hydroxylation is 1. The first-order chi connectivity index (χ1) is 9.25. The molecule has 2 aromatic rings. The van der Waals surface area contributed by atoms with Crippen molar-refractivity contribution in [3.63, 3.8) is 0 Å². The summed E-state index contributed by atoms with van der Waals surface area (Å²) in [6.07, 6.45) is -0.422. The summed E-state index contributed by atoms with van der Waals surface area (Å²) in [4.78, 5) is 5.68. The first-order valence-corrected chi connectivity index (χ1v) is 6.94. The van der Waals surface area contributed by atoms with Gasteiger partial charge in [0.25, 0.3) is 0 Å². The standard InChI is InChI=1S/C15H21N3O/c1-11-15(12-4-2-3-5-13(12)17-11)14(19)10-18-8-6-16-7-9-18/h2-5,14,16-17,19H,6-10H2,1H3. The van der Waals surface area contributed by atoms with E-state index < -0.39 is 6.10 Å². The van der Waals surface area contributed by atoms with Crippen LogP contribution in [0.5, 0.6) is 0 Å². The third-order valence-electron chi connectivity index (χ3n) is 3.92. The van der Waals surface area contributed by atoms with Crippen molar-refractivity contribution in [1.82, 2.24) is 15.2 Å². The van der Waals surface area contributed by atoms with E-state index in [-0.39, 0.29) is 0 Å². The van der Waals surface area contributed by atoms with Crippen molar-refractivity contribution in [2.45, 2.75) is 13.0 Å². The second-order valence-corrected chi connectivity index (χ2v) is 5.28. The second-order valence-electron chi connectivity index (χ2n) is 5.28. The predicted octanol–water partition coefficient (Wildman–Crippen LogP) is 1.41. The van der Waals surface area contributed by atoms with Crippen molar-refractivity contribution in [3.05, 3.63) is 35.5 Å². The molecular formula is C15H21N3O. The summed E-state index contributed by atoms with van der Waals surface area (Å²) in [5.41, 5.74) is 3.23. The maximum absolute atomic E-state index is 10.6. The molecule has 1 unspecified atom stereocenters. The van der Waals surface area contributed by atoms with E-state index in [1.807, 2.05) is 19.1 Å². The molecule has 1 saturated heterocycles. The predicted molar refractivity (Wildman–Crippen MR) is 77.3 cm³/mol. The van der Waals surface area contributed by atoms with E-state index >= 15 is 0 Å². The lowest BCUT2D eigenvalue weighted by Gasteiger charge is -2.29. The molecule has 1 aliphatic rings. The molecule has 1 aromatic carbocycles. The van der Waals surface area contributed by atoms with Gasteiger partial charge in [-0.15, -0.1) is 0 Å². The van der Waals surface area contributed by atoms with Crippen molar-refractivity contribution in [1.29, 1.82) is 0 Å². The lowest BCUT2D eigenvalue weighted by molar-refractivity contribution is 0.106. The molecule has 1 fully saturated rings. The molecule has 3 N–H and O–H groups in total. The number of H-pyrrole nitrogens is 1. The van der Waals surface area contributed by atoms with E-state index in [2.05, 4.69) is 27.3 Å². The summed E-state index contributed by atoms with van der Waals surface area (Å²) < 4.78 is 0. The zero-order valence-corrected chi connectivity index (χ0v) is 11.3. The van der Waals surface area contributed by atoms with Gasteiger partial charge in [0.2, 0.25) is 0 Å². The van der Waals surface area contributed by atoms with Crippen molar-refractivity contribution in [3.8, 4) is 0 Å². The highest BCUT2D eigenvalue weighted by atomic mass is 16.3. The van der Waals surface area contributed by atoms with Crippen molar-refractivity contribution < 1.29 is 5.11 Å². The molecule has 4 nitrogen and oxygen atoms in total. The number of hydrogen-bond acceptors (Lipinski definition) is 3. The van der Waals surface area contributed by atoms with Gasteiger partial charge in [-0.3, -0.25) is 4.90 Å². The Labute approximate surface area is 113 Å². The normalized spacial score (nSPS) is 18.8. The first kappa shape index (κ1) is 12.7. The Bertz CT molecular complexity index is 558. The number of aliphatic hydroxyl groups is 1. The van der Waals surface area contributed by atoms with Crippen LogP contribution >= 0.6 is 0 Å². The first-order valence-electron chi connectivity index (χ1n) is 6.94. The molecule has 0 spiro atoms. The van der Waals surface area contributed by atoms with Gasteiger partial charge in [0.05, 0.1) is 6.10 Å². The van der Waals surface area contributed by atoms with Crippen LogP contribution in [-0.2, 0) is 0 Å². The molecule has 3 rings (SSSR count). The molecule has 0 saturated carbocycles. The lowest BCUT2D eigenvalue weighted by Crippen LogP contribution is -2.45. The van der Waals surface area contributed by atoms with Crippen molar-refractivity contribution >= 4 is 10.9 Å². The van der Waals surface area contributed by atoms with E-state index in [4.69, 9.17) is 0 Å². The molecule has 2 heterocycles. The minimum Gasteiger partial charge on any atom is -0.387 e. The summed E-state index contributed by atoms with van der Waals surface area (Å²) in [5, 5.41) is 15.0. The smallest absolute Gasteiger partial charge is 0.0940 e. The van der Waals surface area contributed by atoms with E-state index in [9.17, 15) is 5.11 Å². The molecule has 0 radical (unpaired) electrons. The van der Waals surface area contributed by atoms with Crippen molar-refractivity contribution in [2.75, 3.05) is 32.7 Å². The number of aromatic amines is 1. The number of piperazine rings is 1. The monoisotopic (exact) mass is 259 g/mol. The Morgan fingerprint density at radius 3 is 2.79 bits per heavy atom. The van der Waals surface area contributed by atoms with Gasteiger partial charge in [-0.2, -0.15) is 0 Å². The van der Waals surface area contributed by atoms with Gasteiger partial charge in [-0.25, -0.2) is 0 Å². The molecule has 0 aliphatic carbocycles. The summed E-state index contributed by atoms with van der Waals surface area (Å²) in [5.74, 6) is 0. The fourth-order valence-electron chi connectivity index (χ4n) is 2.96. The number of nitrogens with one attached hydrogen (secondary N) is 2. The maximum atomic E-state index is 10.6. The van der Waals surface area contributed by atoms with Gasteiger partial charge in [-0.05, 0) is 13.0 Å². The third-order valence-corrected chi connectivity index (χ3v) is 3.92. The summed E-state index contributed by atoms with van der Waals surface area (Å²) >= 11 is 0. The van der Waals surface area contributed by atoms with Gasteiger partial charge in [-0.1, -0.05) is 18.2 Å². The van der Waals surface area contributed by atoms with Crippen LogP contribution in [0.1, 0.15) is 17.4 Å². The average molecular weight is 259 g/mol. The number of nitrogens with zero attached hydrogens (tertiary/aromatic N) is 1. The number of benzene rings is 1. The number of aromatic nitrogens is 1. The summed E-state index contributed by atoms with van der Waals surface area (Å²) in [7, 11) is 0. The van der Waals surface area contributed by atoms with E-state index in [0.29, 0.717) is 6.54 Å². The van der Waals surface area contributed by atoms with Crippen LogP contribution in [0.3, 0.4) is 0 Å². The Balaban J connectivity index is 1.84. The zero-order valence-electron chi connectivity index (χ0n) is 11.3. The van der Waals surface area contributed by atoms with Crippen molar-refractivity contribution in [2.24, 2.45) is 0 Å². The van der Waals surface area contributed by atoms with Gasteiger partial charge in [0, 0.05) is 54.9 Å². The molecule has 1 atom stereocenters. The molecule has 0 bridgehead atoms. The lowest BCUT2D eigenvalue weighted by atomic mass is 10.0. The number of hydrogen-bond donors (Lipinski definition) is 3. The van der Waals surface area contributed by atoms with Crippen LogP contribution in [0.4, 0.5) is 0 Å². The zero-order chi connectivity index (χ0) is 13.2. The fourth-order valence-corrected chi connectivity index (χ4v) is 2.96. The Hall–Kier alpha value is -1.36. The summed E-state index contributed by atoms with van der Waals surface area (Å²) in [6.45, 7) is 6.80. The average Bonchev–Trinajstić information content (AvgIpc) is 2.75. The molecule has 102 valence electrons. The molecular weight excluding hydrogens is 238 g/mol. The molecule has 0 amide bonds. The Kier molecular flexibility index (Phi) is 3.55. The SMILES string of the molecule is Cc1[nH]c2ccccc2c1C(O)CN1CCNCC1. The highest BCUT2D eigenvalue weighted by Gasteiger charge is 2.20. The largest absolute Gasteiger partial charge is 0.387 e. The number of fused-ring (bicyclic) bond motifs is 1. The van der Waals surface area contributed by atoms with Gasteiger partial charge >= 0.3 is 0 Å². The number of rotatable bonds is 3. The van der Waals surface area contributed by atoms with Crippen LogP contribution in [0.2, 0.25) is 0 Å². The quantitative estimate of drug-likeness (QED) is 0.781.